The zero-order valence-corrected chi connectivity index (χ0v) is 15.5. The normalized spacial score (nSPS) is 10.8. The van der Waals surface area contributed by atoms with Gasteiger partial charge < -0.3 is 15.4 Å². The number of carbonyl (C=O) groups is 2. The molecule has 1 aromatic carbocycles. The molecule has 0 saturated heterocycles. The van der Waals surface area contributed by atoms with Crippen molar-refractivity contribution in [3.63, 3.8) is 0 Å². The lowest BCUT2D eigenvalue weighted by molar-refractivity contribution is -0.121. The van der Waals surface area contributed by atoms with E-state index in [4.69, 9.17) is 4.74 Å². The highest BCUT2D eigenvalue weighted by Gasteiger charge is 2.12. The van der Waals surface area contributed by atoms with Crippen molar-refractivity contribution in [2.24, 2.45) is 7.05 Å². The van der Waals surface area contributed by atoms with E-state index in [-0.39, 0.29) is 18.4 Å². The largest absolute Gasteiger partial charge is 0.494 e. The van der Waals surface area contributed by atoms with E-state index in [0.29, 0.717) is 12.3 Å². The second-order valence-corrected chi connectivity index (χ2v) is 5.77. The van der Waals surface area contributed by atoms with E-state index in [1.165, 1.54) is 6.08 Å². The predicted molar refractivity (Wildman–Crippen MR) is 101 cm³/mol. The first-order valence-electron chi connectivity index (χ1n) is 8.39. The fourth-order valence-corrected chi connectivity index (χ4v) is 2.38. The topological polar surface area (TPSA) is 85.2 Å². The average Bonchev–Trinajstić information content (AvgIpc) is 2.86. The number of benzene rings is 1. The summed E-state index contributed by atoms with van der Waals surface area (Å²) >= 11 is 0. The molecule has 0 unspecified atom stereocenters. The minimum absolute atomic E-state index is 0.111. The Bertz CT molecular complexity index is 807. The van der Waals surface area contributed by atoms with Gasteiger partial charge in [-0.2, -0.15) is 5.10 Å². The van der Waals surface area contributed by atoms with Crippen molar-refractivity contribution >= 4 is 23.6 Å². The number of hydrogen-bond donors (Lipinski definition) is 2. The Kier molecular flexibility index (Phi) is 6.54. The van der Waals surface area contributed by atoms with Crippen LogP contribution in [0, 0.1) is 13.8 Å². The highest BCUT2D eigenvalue weighted by atomic mass is 16.5. The van der Waals surface area contributed by atoms with Crippen molar-refractivity contribution < 1.29 is 14.3 Å². The van der Waals surface area contributed by atoms with Gasteiger partial charge in [-0.05, 0) is 44.5 Å². The van der Waals surface area contributed by atoms with Crippen LogP contribution in [-0.2, 0) is 16.6 Å². The zero-order chi connectivity index (χ0) is 19.1. The van der Waals surface area contributed by atoms with Crippen molar-refractivity contribution in [1.29, 1.82) is 0 Å². The first kappa shape index (κ1) is 19.2. The van der Waals surface area contributed by atoms with Crippen molar-refractivity contribution in [1.82, 2.24) is 15.1 Å². The van der Waals surface area contributed by atoms with Crippen LogP contribution in [0.4, 0.5) is 5.69 Å². The van der Waals surface area contributed by atoms with Crippen LogP contribution in [0.15, 0.2) is 30.3 Å². The van der Waals surface area contributed by atoms with Crippen LogP contribution in [0.1, 0.15) is 23.9 Å². The standard InChI is InChI=1S/C19H24N4O3/c1-5-26-16-9-6-15(7-10-16)8-11-17(24)20-12-18(25)21-19-13(2)22-23(4)14(19)3/h6-11H,5,12H2,1-4H3,(H,20,24)(H,21,25)/b11-8+. The number of amides is 2. The van der Waals surface area contributed by atoms with Crippen LogP contribution in [0.25, 0.3) is 6.08 Å². The molecule has 2 amide bonds. The second kappa shape index (κ2) is 8.84. The Morgan fingerprint density at radius 1 is 1.23 bits per heavy atom. The van der Waals surface area contributed by atoms with Gasteiger partial charge in [-0.25, -0.2) is 0 Å². The second-order valence-electron chi connectivity index (χ2n) is 5.77. The van der Waals surface area contributed by atoms with Crippen molar-refractivity contribution in [3.8, 4) is 5.75 Å². The van der Waals surface area contributed by atoms with Gasteiger partial charge in [0.05, 0.1) is 30.2 Å². The maximum Gasteiger partial charge on any atom is 0.244 e. The van der Waals surface area contributed by atoms with E-state index in [2.05, 4.69) is 15.7 Å². The summed E-state index contributed by atoms with van der Waals surface area (Å²) in [5.74, 6) is 0.146. The summed E-state index contributed by atoms with van der Waals surface area (Å²) in [4.78, 5) is 23.9. The highest BCUT2D eigenvalue weighted by molar-refractivity contribution is 5.98. The van der Waals surface area contributed by atoms with Crippen LogP contribution in [-0.4, -0.2) is 34.7 Å². The molecule has 7 heteroatoms. The Morgan fingerprint density at radius 2 is 1.92 bits per heavy atom. The Balaban J connectivity index is 1.83. The molecule has 0 aliphatic carbocycles. The number of anilines is 1. The molecule has 0 fully saturated rings. The third-order valence-electron chi connectivity index (χ3n) is 3.81. The Hall–Kier alpha value is -3.09. The molecule has 0 radical (unpaired) electrons. The number of nitrogens with zero attached hydrogens (tertiary/aromatic N) is 2. The fourth-order valence-electron chi connectivity index (χ4n) is 2.38. The van der Waals surface area contributed by atoms with Gasteiger partial charge in [0.2, 0.25) is 11.8 Å². The minimum atomic E-state index is -0.339. The maximum absolute atomic E-state index is 12.0. The third-order valence-corrected chi connectivity index (χ3v) is 3.81. The first-order chi connectivity index (χ1) is 12.4. The molecule has 1 heterocycles. The molecular weight excluding hydrogens is 332 g/mol. The number of hydrogen-bond acceptors (Lipinski definition) is 4. The third kappa shape index (κ3) is 5.20. The smallest absolute Gasteiger partial charge is 0.244 e. The zero-order valence-electron chi connectivity index (χ0n) is 15.5. The van der Waals surface area contributed by atoms with Gasteiger partial charge in [0, 0.05) is 13.1 Å². The number of aromatic nitrogens is 2. The maximum atomic E-state index is 12.0. The van der Waals surface area contributed by atoms with Gasteiger partial charge in [-0.3, -0.25) is 14.3 Å². The number of nitrogens with one attached hydrogen (secondary N) is 2. The van der Waals surface area contributed by atoms with Crippen molar-refractivity contribution in [3.05, 3.63) is 47.3 Å². The molecule has 2 rings (SSSR count). The molecule has 0 aliphatic heterocycles. The summed E-state index contributed by atoms with van der Waals surface area (Å²) in [6.07, 6.45) is 3.07. The van der Waals surface area contributed by atoms with E-state index >= 15 is 0 Å². The molecular formula is C19H24N4O3. The van der Waals surface area contributed by atoms with Crippen LogP contribution < -0.4 is 15.4 Å². The molecule has 0 atom stereocenters. The summed E-state index contributed by atoms with van der Waals surface area (Å²) in [5.41, 5.74) is 3.14. The van der Waals surface area contributed by atoms with Gasteiger partial charge >= 0.3 is 0 Å². The Morgan fingerprint density at radius 3 is 2.50 bits per heavy atom. The average molecular weight is 356 g/mol. The number of carbonyl (C=O) groups excluding carboxylic acids is 2. The Labute approximate surface area is 153 Å². The number of rotatable bonds is 7. The van der Waals surface area contributed by atoms with E-state index in [1.807, 2.05) is 52.1 Å². The quantitative estimate of drug-likeness (QED) is 0.745. The molecule has 1 aromatic heterocycles. The number of aryl methyl sites for hydroxylation is 2. The van der Waals surface area contributed by atoms with Gasteiger partial charge in [0.15, 0.2) is 0 Å². The predicted octanol–water partition coefficient (Wildman–Crippen LogP) is 2.20. The monoisotopic (exact) mass is 356 g/mol. The molecule has 138 valence electrons. The summed E-state index contributed by atoms with van der Waals surface area (Å²) < 4.78 is 7.06. The lowest BCUT2D eigenvalue weighted by Crippen LogP contribution is -2.31. The van der Waals surface area contributed by atoms with Gasteiger partial charge in [-0.1, -0.05) is 12.1 Å². The first-order valence-corrected chi connectivity index (χ1v) is 8.39. The molecule has 0 spiro atoms. The van der Waals surface area contributed by atoms with Crippen molar-refractivity contribution in [2.75, 3.05) is 18.5 Å². The van der Waals surface area contributed by atoms with Crippen LogP contribution >= 0.6 is 0 Å². The van der Waals surface area contributed by atoms with Crippen LogP contribution in [0.3, 0.4) is 0 Å². The SMILES string of the molecule is CCOc1ccc(/C=C/C(=O)NCC(=O)Nc2c(C)nn(C)c2C)cc1. The molecule has 2 N–H and O–H groups in total. The van der Waals surface area contributed by atoms with Crippen molar-refractivity contribution in [2.45, 2.75) is 20.8 Å². The molecule has 0 saturated carbocycles. The van der Waals surface area contributed by atoms with Crippen LogP contribution in [0.2, 0.25) is 0 Å². The van der Waals surface area contributed by atoms with E-state index in [1.54, 1.807) is 10.8 Å². The van der Waals surface area contributed by atoms with E-state index in [0.717, 1.165) is 22.7 Å². The van der Waals surface area contributed by atoms with Gasteiger partial charge in [-0.15, -0.1) is 0 Å². The molecule has 0 aliphatic rings. The summed E-state index contributed by atoms with van der Waals surface area (Å²) in [7, 11) is 1.81. The summed E-state index contributed by atoms with van der Waals surface area (Å²) in [6, 6.07) is 7.39. The summed E-state index contributed by atoms with van der Waals surface area (Å²) in [5, 5.41) is 9.57. The minimum Gasteiger partial charge on any atom is -0.494 e. The van der Waals surface area contributed by atoms with E-state index < -0.39 is 0 Å². The highest BCUT2D eigenvalue weighted by Crippen LogP contribution is 2.17. The van der Waals surface area contributed by atoms with Crippen LogP contribution in [0.5, 0.6) is 5.75 Å². The number of ether oxygens (including phenoxy) is 1. The van der Waals surface area contributed by atoms with E-state index in [9.17, 15) is 9.59 Å². The van der Waals surface area contributed by atoms with Gasteiger partial charge in [0.25, 0.3) is 0 Å². The van der Waals surface area contributed by atoms with Gasteiger partial charge in [0.1, 0.15) is 5.75 Å². The fraction of sp³-hybridized carbons (Fsp3) is 0.316. The molecule has 26 heavy (non-hydrogen) atoms. The lowest BCUT2D eigenvalue weighted by atomic mass is 10.2. The summed E-state index contributed by atoms with van der Waals surface area (Å²) in [6.45, 7) is 6.11. The molecule has 2 aromatic rings. The molecule has 0 bridgehead atoms. The molecule has 7 nitrogen and oxygen atoms in total. The lowest BCUT2D eigenvalue weighted by Gasteiger charge is -2.06.